The van der Waals surface area contributed by atoms with Gasteiger partial charge in [0.15, 0.2) is 0 Å². The van der Waals surface area contributed by atoms with Crippen LogP contribution in [-0.2, 0) is 9.53 Å². The van der Waals surface area contributed by atoms with Gasteiger partial charge in [0, 0.05) is 12.6 Å². The first-order chi connectivity index (χ1) is 9.27. The summed E-state index contributed by atoms with van der Waals surface area (Å²) >= 11 is 0. The number of likely N-dealkylation sites (N-methyl/N-ethyl adjacent to an activating group) is 1. The fourth-order valence-electron chi connectivity index (χ4n) is 3.13. The lowest BCUT2D eigenvalue weighted by molar-refractivity contribution is -0.139. The van der Waals surface area contributed by atoms with E-state index in [-0.39, 0.29) is 30.5 Å². The van der Waals surface area contributed by atoms with Crippen LogP contribution in [0, 0.1) is 5.92 Å². The van der Waals surface area contributed by atoms with Crippen molar-refractivity contribution in [3.63, 3.8) is 0 Å². The van der Waals surface area contributed by atoms with Crippen LogP contribution in [0.4, 0.5) is 0 Å². The van der Waals surface area contributed by atoms with Gasteiger partial charge in [0.25, 0.3) is 0 Å². The van der Waals surface area contributed by atoms with E-state index in [1.165, 1.54) is 0 Å². The summed E-state index contributed by atoms with van der Waals surface area (Å²) in [5.74, 6) is 0.0662. The summed E-state index contributed by atoms with van der Waals surface area (Å²) in [7, 11) is 0. The SMILES string of the molecule is CCNC1COCC1C(=O)N1CCCCCC1CO. The molecule has 2 aliphatic heterocycles. The second-order valence-electron chi connectivity index (χ2n) is 5.53. The minimum atomic E-state index is -0.0906. The quantitative estimate of drug-likeness (QED) is 0.775. The van der Waals surface area contributed by atoms with Crippen molar-refractivity contribution in [1.82, 2.24) is 10.2 Å². The molecule has 5 heteroatoms. The van der Waals surface area contributed by atoms with Gasteiger partial charge in [-0.3, -0.25) is 4.79 Å². The second-order valence-corrected chi connectivity index (χ2v) is 5.53. The van der Waals surface area contributed by atoms with E-state index in [9.17, 15) is 9.90 Å². The highest BCUT2D eigenvalue weighted by Crippen LogP contribution is 2.23. The molecule has 19 heavy (non-hydrogen) atoms. The monoisotopic (exact) mass is 270 g/mol. The Morgan fingerprint density at radius 2 is 2.21 bits per heavy atom. The van der Waals surface area contributed by atoms with Crippen molar-refractivity contribution in [3.8, 4) is 0 Å². The van der Waals surface area contributed by atoms with E-state index in [2.05, 4.69) is 5.32 Å². The largest absolute Gasteiger partial charge is 0.394 e. The summed E-state index contributed by atoms with van der Waals surface area (Å²) in [6, 6.07) is 0.123. The molecule has 1 amide bonds. The molecule has 0 bridgehead atoms. The predicted molar refractivity (Wildman–Crippen MR) is 72.8 cm³/mol. The molecular weight excluding hydrogens is 244 g/mol. The summed E-state index contributed by atoms with van der Waals surface area (Å²) in [5.41, 5.74) is 0. The van der Waals surface area contributed by atoms with Crippen molar-refractivity contribution in [2.24, 2.45) is 5.92 Å². The van der Waals surface area contributed by atoms with Crippen LogP contribution in [0.25, 0.3) is 0 Å². The fourth-order valence-corrected chi connectivity index (χ4v) is 3.13. The highest BCUT2D eigenvalue weighted by molar-refractivity contribution is 5.80. The maximum atomic E-state index is 12.7. The van der Waals surface area contributed by atoms with E-state index in [1.807, 2.05) is 11.8 Å². The third-order valence-electron chi connectivity index (χ3n) is 4.23. The molecule has 0 spiro atoms. The van der Waals surface area contributed by atoms with Crippen LogP contribution < -0.4 is 5.32 Å². The Bertz CT molecular complexity index is 298. The maximum Gasteiger partial charge on any atom is 0.230 e. The Kier molecular flexibility index (Phi) is 5.60. The van der Waals surface area contributed by atoms with Crippen molar-refractivity contribution in [2.75, 3.05) is 32.9 Å². The number of ether oxygens (including phenoxy) is 1. The first kappa shape index (κ1) is 14.8. The van der Waals surface area contributed by atoms with Crippen molar-refractivity contribution < 1.29 is 14.6 Å². The molecule has 0 aromatic heterocycles. The van der Waals surface area contributed by atoms with Gasteiger partial charge < -0.3 is 20.1 Å². The van der Waals surface area contributed by atoms with Crippen molar-refractivity contribution in [3.05, 3.63) is 0 Å². The van der Waals surface area contributed by atoms with Crippen molar-refractivity contribution in [1.29, 1.82) is 0 Å². The van der Waals surface area contributed by atoms with E-state index in [1.54, 1.807) is 0 Å². The van der Waals surface area contributed by atoms with Gasteiger partial charge in [-0.1, -0.05) is 19.8 Å². The van der Waals surface area contributed by atoms with Gasteiger partial charge in [-0.15, -0.1) is 0 Å². The Morgan fingerprint density at radius 1 is 1.37 bits per heavy atom. The lowest BCUT2D eigenvalue weighted by Crippen LogP contribution is -2.50. The van der Waals surface area contributed by atoms with Gasteiger partial charge in [-0.05, 0) is 19.4 Å². The number of rotatable bonds is 4. The van der Waals surface area contributed by atoms with E-state index in [0.717, 1.165) is 38.8 Å². The highest BCUT2D eigenvalue weighted by Gasteiger charge is 2.38. The van der Waals surface area contributed by atoms with Crippen molar-refractivity contribution >= 4 is 5.91 Å². The van der Waals surface area contributed by atoms with Gasteiger partial charge in [-0.2, -0.15) is 0 Å². The zero-order chi connectivity index (χ0) is 13.7. The lowest BCUT2D eigenvalue weighted by Gasteiger charge is -2.32. The summed E-state index contributed by atoms with van der Waals surface area (Å²) in [5, 5.41) is 12.8. The average Bonchev–Trinajstić information content (AvgIpc) is 2.74. The molecular formula is C14H26N2O3. The third kappa shape index (κ3) is 3.46. The molecule has 0 aromatic rings. The predicted octanol–water partition coefficient (Wildman–Crippen LogP) is 0.374. The Hall–Kier alpha value is -0.650. The molecule has 110 valence electrons. The molecule has 0 aromatic carbocycles. The minimum absolute atomic E-state index is 0.00197. The first-order valence-electron chi connectivity index (χ1n) is 7.50. The standard InChI is InChI=1S/C14H26N2O3/c1-2-15-13-10-19-9-12(13)14(18)16-7-5-3-4-6-11(16)8-17/h11-13,15,17H,2-10H2,1H3. The van der Waals surface area contributed by atoms with Crippen LogP contribution in [0.5, 0.6) is 0 Å². The Morgan fingerprint density at radius 3 is 2.95 bits per heavy atom. The summed E-state index contributed by atoms with van der Waals surface area (Å²) < 4.78 is 5.46. The van der Waals surface area contributed by atoms with E-state index in [4.69, 9.17) is 4.74 Å². The fraction of sp³-hybridized carbons (Fsp3) is 0.929. The number of hydrogen-bond acceptors (Lipinski definition) is 4. The van der Waals surface area contributed by atoms with Crippen molar-refractivity contribution in [2.45, 2.75) is 44.7 Å². The summed E-state index contributed by atoms with van der Waals surface area (Å²) in [4.78, 5) is 14.6. The van der Waals surface area contributed by atoms with E-state index >= 15 is 0 Å². The second kappa shape index (κ2) is 7.22. The summed E-state index contributed by atoms with van der Waals surface area (Å²) in [6.45, 7) is 4.86. The van der Waals surface area contributed by atoms with Crippen LogP contribution >= 0.6 is 0 Å². The number of nitrogens with one attached hydrogen (secondary N) is 1. The molecule has 2 heterocycles. The number of carbonyl (C=O) groups excluding carboxylic acids is 1. The topological polar surface area (TPSA) is 61.8 Å². The normalized spacial score (nSPS) is 32.3. The van der Waals surface area contributed by atoms with Gasteiger partial charge in [-0.25, -0.2) is 0 Å². The van der Waals surface area contributed by atoms with Crippen LogP contribution in [0.1, 0.15) is 32.6 Å². The summed E-state index contributed by atoms with van der Waals surface area (Å²) in [6.07, 6.45) is 4.22. The zero-order valence-electron chi connectivity index (χ0n) is 11.8. The lowest BCUT2D eigenvalue weighted by atomic mass is 10.0. The number of nitrogens with zero attached hydrogens (tertiary/aromatic N) is 1. The molecule has 0 saturated carbocycles. The minimum Gasteiger partial charge on any atom is -0.394 e. The number of aliphatic hydroxyl groups is 1. The molecule has 5 nitrogen and oxygen atoms in total. The van der Waals surface area contributed by atoms with Gasteiger partial charge in [0.2, 0.25) is 5.91 Å². The van der Waals surface area contributed by atoms with Gasteiger partial charge in [0.1, 0.15) is 0 Å². The zero-order valence-corrected chi connectivity index (χ0v) is 11.8. The van der Waals surface area contributed by atoms with Crippen LogP contribution in [0.3, 0.4) is 0 Å². The van der Waals surface area contributed by atoms with Crippen LogP contribution in [0.15, 0.2) is 0 Å². The first-order valence-corrected chi connectivity index (χ1v) is 7.50. The smallest absolute Gasteiger partial charge is 0.230 e. The molecule has 2 aliphatic rings. The number of aliphatic hydroxyl groups excluding tert-OH is 1. The molecule has 3 unspecified atom stereocenters. The number of carbonyl (C=O) groups is 1. The van der Waals surface area contributed by atoms with E-state index in [0.29, 0.717) is 13.2 Å². The maximum absolute atomic E-state index is 12.7. The van der Waals surface area contributed by atoms with E-state index < -0.39 is 0 Å². The highest BCUT2D eigenvalue weighted by atomic mass is 16.5. The number of likely N-dealkylation sites (tertiary alicyclic amines) is 1. The molecule has 0 aliphatic carbocycles. The van der Waals surface area contributed by atoms with Crippen LogP contribution in [0.2, 0.25) is 0 Å². The molecule has 3 atom stereocenters. The average molecular weight is 270 g/mol. The van der Waals surface area contributed by atoms with Crippen LogP contribution in [-0.4, -0.2) is 60.9 Å². The molecule has 2 saturated heterocycles. The molecule has 2 N–H and O–H groups in total. The molecule has 2 fully saturated rings. The Balaban J connectivity index is 2.03. The number of hydrogen-bond donors (Lipinski definition) is 2. The Labute approximate surface area is 115 Å². The molecule has 2 rings (SSSR count). The van der Waals surface area contributed by atoms with Gasteiger partial charge >= 0.3 is 0 Å². The molecule has 0 radical (unpaired) electrons. The number of amides is 1. The van der Waals surface area contributed by atoms with Gasteiger partial charge in [0.05, 0.1) is 31.8 Å². The third-order valence-corrected chi connectivity index (χ3v) is 4.23.